The fourth-order valence-electron chi connectivity index (χ4n) is 3.40. The summed E-state index contributed by atoms with van der Waals surface area (Å²) in [6.45, 7) is 4.27. The smallest absolute Gasteiger partial charge is 0.217 e. The number of rotatable bonds is 6. The summed E-state index contributed by atoms with van der Waals surface area (Å²) in [5.41, 5.74) is 3.64. The molecule has 4 nitrogen and oxygen atoms in total. The SMILES string of the molecule is CC(=O)NCc1cc([C@@H]2CCCN2CCc2ccccc2)ccn1. The standard InChI is InChI=1S/C20H25N3O/c1-16(24)22-15-19-14-18(9-11-21-19)20-8-5-12-23(20)13-10-17-6-3-2-4-7-17/h2-4,6-7,9,11,14,20H,5,8,10,12-13,15H2,1H3,(H,22,24)/t20-/m0/s1. The van der Waals surface area contributed by atoms with Gasteiger partial charge < -0.3 is 5.32 Å². The first-order valence-corrected chi connectivity index (χ1v) is 8.69. The van der Waals surface area contributed by atoms with E-state index >= 15 is 0 Å². The molecular weight excluding hydrogens is 298 g/mol. The van der Waals surface area contributed by atoms with Crippen LogP contribution >= 0.6 is 0 Å². The summed E-state index contributed by atoms with van der Waals surface area (Å²) in [7, 11) is 0. The highest BCUT2D eigenvalue weighted by Gasteiger charge is 2.25. The predicted molar refractivity (Wildman–Crippen MR) is 95.5 cm³/mol. The van der Waals surface area contributed by atoms with Gasteiger partial charge in [0, 0.05) is 25.7 Å². The third kappa shape index (κ3) is 4.42. The number of carbonyl (C=O) groups excluding carboxylic acids is 1. The predicted octanol–water partition coefficient (Wildman–Crippen LogP) is 3.10. The topological polar surface area (TPSA) is 45.2 Å². The zero-order chi connectivity index (χ0) is 16.8. The van der Waals surface area contributed by atoms with Gasteiger partial charge in [-0.05, 0) is 49.1 Å². The van der Waals surface area contributed by atoms with E-state index in [2.05, 4.69) is 57.7 Å². The third-order valence-corrected chi connectivity index (χ3v) is 4.64. The van der Waals surface area contributed by atoms with Crippen LogP contribution in [0.1, 0.15) is 42.6 Å². The number of carbonyl (C=O) groups is 1. The van der Waals surface area contributed by atoms with Gasteiger partial charge >= 0.3 is 0 Å². The van der Waals surface area contributed by atoms with E-state index in [0.717, 1.165) is 25.2 Å². The number of aromatic nitrogens is 1. The van der Waals surface area contributed by atoms with Crippen molar-refractivity contribution in [3.8, 4) is 0 Å². The van der Waals surface area contributed by atoms with Gasteiger partial charge in [0.2, 0.25) is 5.91 Å². The fourth-order valence-corrected chi connectivity index (χ4v) is 3.40. The maximum Gasteiger partial charge on any atom is 0.217 e. The van der Waals surface area contributed by atoms with Crippen LogP contribution in [0.15, 0.2) is 48.7 Å². The maximum absolute atomic E-state index is 11.1. The normalized spacial score (nSPS) is 17.8. The van der Waals surface area contributed by atoms with Crippen LogP contribution < -0.4 is 5.32 Å². The Morgan fingerprint density at radius 3 is 2.92 bits per heavy atom. The van der Waals surface area contributed by atoms with Gasteiger partial charge in [-0.2, -0.15) is 0 Å². The summed E-state index contributed by atoms with van der Waals surface area (Å²) in [6, 6.07) is 15.4. The minimum atomic E-state index is -0.0208. The molecule has 0 spiro atoms. The van der Waals surface area contributed by atoms with Gasteiger partial charge in [-0.3, -0.25) is 14.7 Å². The minimum absolute atomic E-state index is 0.0208. The molecule has 0 radical (unpaired) electrons. The Balaban J connectivity index is 1.64. The van der Waals surface area contributed by atoms with Crippen LogP contribution in [0.25, 0.3) is 0 Å². The van der Waals surface area contributed by atoms with Crippen LogP contribution in [0, 0.1) is 0 Å². The van der Waals surface area contributed by atoms with Crippen molar-refractivity contribution in [2.24, 2.45) is 0 Å². The van der Waals surface area contributed by atoms with Crippen LogP contribution in [0.5, 0.6) is 0 Å². The Kier molecular flexibility index (Phi) is 5.59. The van der Waals surface area contributed by atoms with Crippen LogP contribution in [-0.4, -0.2) is 28.9 Å². The van der Waals surface area contributed by atoms with E-state index in [1.54, 1.807) is 0 Å². The van der Waals surface area contributed by atoms with E-state index in [-0.39, 0.29) is 5.91 Å². The van der Waals surface area contributed by atoms with Gasteiger partial charge in [-0.1, -0.05) is 30.3 Å². The molecule has 0 unspecified atom stereocenters. The number of hydrogen-bond donors (Lipinski definition) is 1. The molecule has 1 fully saturated rings. The second-order valence-corrected chi connectivity index (χ2v) is 6.42. The van der Waals surface area contributed by atoms with Crippen molar-refractivity contribution in [1.82, 2.24) is 15.2 Å². The van der Waals surface area contributed by atoms with Gasteiger partial charge in [0.05, 0.1) is 12.2 Å². The van der Waals surface area contributed by atoms with Gasteiger partial charge in [0.1, 0.15) is 0 Å². The Morgan fingerprint density at radius 1 is 1.29 bits per heavy atom. The Bertz CT molecular complexity index is 672. The summed E-state index contributed by atoms with van der Waals surface area (Å²) >= 11 is 0. The molecule has 1 aromatic carbocycles. The van der Waals surface area contributed by atoms with Crippen molar-refractivity contribution < 1.29 is 4.79 Å². The average Bonchev–Trinajstić information content (AvgIpc) is 3.08. The second-order valence-electron chi connectivity index (χ2n) is 6.42. The maximum atomic E-state index is 11.1. The van der Waals surface area contributed by atoms with E-state index in [1.807, 2.05) is 6.20 Å². The molecule has 1 aliphatic heterocycles. The molecule has 0 aliphatic carbocycles. The van der Waals surface area contributed by atoms with Crippen LogP contribution in [0.3, 0.4) is 0 Å². The molecule has 24 heavy (non-hydrogen) atoms. The largest absolute Gasteiger partial charge is 0.351 e. The zero-order valence-corrected chi connectivity index (χ0v) is 14.2. The molecule has 1 N–H and O–H groups in total. The van der Waals surface area contributed by atoms with E-state index in [0.29, 0.717) is 12.6 Å². The van der Waals surface area contributed by atoms with Crippen molar-refractivity contribution in [3.63, 3.8) is 0 Å². The van der Waals surface area contributed by atoms with Crippen molar-refractivity contribution in [3.05, 3.63) is 65.5 Å². The molecule has 1 aromatic heterocycles. The monoisotopic (exact) mass is 323 g/mol. The molecular formula is C20H25N3O. The van der Waals surface area contributed by atoms with Crippen molar-refractivity contribution in [2.45, 2.75) is 38.8 Å². The number of likely N-dealkylation sites (tertiary alicyclic amines) is 1. The van der Waals surface area contributed by atoms with Crippen molar-refractivity contribution in [2.75, 3.05) is 13.1 Å². The lowest BCUT2D eigenvalue weighted by Gasteiger charge is -2.25. The Hall–Kier alpha value is -2.20. The lowest BCUT2D eigenvalue weighted by atomic mass is 10.0. The molecule has 2 heterocycles. The zero-order valence-electron chi connectivity index (χ0n) is 14.2. The van der Waals surface area contributed by atoms with Gasteiger partial charge in [0.25, 0.3) is 0 Å². The van der Waals surface area contributed by atoms with Gasteiger partial charge in [-0.25, -0.2) is 0 Å². The fraction of sp³-hybridized carbons (Fsp3) is 0.400. The van der Waals surface area contributed by atoms with E-state index < -0.39 is 0 Å². The molecule has 1 aliphatic rings. The molecule has 0 bridgehead atoms. The van der Waals surface area contributed by atoms with Crippen LogP contribution in [0.4, 0.5) is 0 Å². The number of nitrogens with one attached hydrogen (secondary N) is 1. The molecule has 4 heteroatoms. The van der Waals surface area contributed by atoms with Crippen molar-refractivity contribution >= 4 is 5.91 Å². The molecule has 2 aromatic rings. The van der Waals surface area contributed by atoms with Gasteiger partial charge in [0.15, 0.2) is 0 Å². The van der Waals surface area contributed by atoms with Gasteiger partial charge in [-0.15, -0.1) is 0 Å². The molecule has 0 saturated carbocycles. The number of hydrogen-bond acceptors (Lipinski definition) is 3. The summed E-state index contributed by atoms with van der Waals surface area (Å²) < 4.78 is 0. The number of nitrogens with zero attached hydrogens (tertiary/aromatic N) is 2. The molecule has 1 atom stereocenters. The molecule has 126 valence electrons. The molecule has 3 rings (SSSR count). The van der Waals surface area contributed by atoms with Crippen molar-refractivity contribution in [1.29, 1.82) is 0 Å². The summed E-state index contributed by atoms with van der Waals surface area (Å²) in [4.78, 5) is 18.0. The molecule has 1 saturated heterocycles. The highest BCUT2D eigenvalue weighted by atomic mass is 16.1. The lowest BCUT2D eigenvalue weighted by molar-refractivity contribution is -0.119. The molecule has 1 amide bonds. The quantitative estimate of drug-likeness (QED) is 0.888. The van der Waals surface area contributed by atoms with E-state index in [4.69, 9.17) is 0 Å². The van der Waals surface area contributed by atoms with E-state index in [9.17, 15) is 4.79 Å². The lowest BCUT2D eigenvalue weighted by Crippen LogP contribution is -2.26. The Labute approximate surface area is 143 Å². The first-order valence-electron chi connectivity index (χ1n) is 8.69. The number of amides is 1. The summed E-state index contributed by atoms with van der Waals surface area (Å²) in [5, 5.41) is 2.82. The first kappa shape index (κ1) is 16.7. The van der Waals surface area contributed by atoms with E-state index in [1.165, 1.54) is 30.9 Å². The number of pyridine rings is 1. The third-order valence-electron chi connectivity index (χ3n) is 4.64. The highest BCUT2D eigenvalue weighted by molar-refractivity contribution is 5.72. The summed E-state index contributed by atoms with van der Waals surface area (Å²) in [6.07, 6.45) is 5.38. The van der Waals surface area contributed by atoms with Crippen LogP contribution in [-0.2, 0) is 17.8 Å². The highest BCUT2D eigenvalue weighted by Crippen LogP contribution is 2.31. The summed E-state index contributed by atoms with van der Waals surface area (Å²) in [5.74, 6) is -0.0208. The Morgan fingerprint density at radius 2 is 2.12 bits per heavy atom. The second kappa shape index (κ2) is 8.06. The average molecular weight is 323 g/mol. The number of benzene rings is 1. The van der Waals surface area contributed by atoms with Crippen LogP contribution in [0.2, 0.25) is 0 Å². The minimum Gasteiger partial charge on any atom is -0.351 e. The first-order chi connectivity index (χ1) is 11.7.